The number of primary sulfonamides is 1. The average molecular weight is 453 g/mol. The van der Waals surface area contributed by atoms with E-state index < -0.39 is 45.9 Å². The van der Waals surface area contributed by atoms with Crippen LogP contribution in [0.25, 0.3) is 11.1 Å². The Labute approximate surface area is 175 Å². The largest absolute Gasteiger partial charge is 0.480 e. The zero-order valence-electron chi connectivity index (χ0n) is 15.7. The lowest BCUT2D eigenvalue weighted by atomic mass is 9.88. The summed E-state index contributed by atoms with van der Waals surface area (Å²) in [4.78, 5) is 0. The van der Waals surface area contributed by atoms with Crippen LogP contribution in [0.5, 0.6) is 11.5 Å². The molecule has 1 unspecified atom stereocenters. The second-order valence-corrected chi connectivity index (χ2v) is 8.55. The lowest BCUT2D eigenvalue weighted by Gasteiger charge is -2.31. The highest BCUT2D eigenvalue weighted by Gasteiger charge is 2.32. The Bertz CT molecular complexity index is 1260. The number of sulfonamides is 1. The van der Waals surface area contributed by atoms with E-state index in [1.807, 2.05) is 0 Å². The van der Waals surface area contributed by atoms with Crippen LogP contribution in [-0.4, -0.2) is 15.0 Å². The van der Waals surface area contributed by atoms with Crippen LogP contribution in [0.4, 0.5) is 17.6 Å². The second kappa shape index (κ2) is 7.86. The van der Waals surface area contributed by atoms with Crippen molar-refractivity contribution >= 4 is 10.0 Å². The van der Waals surface area contributed by atoms with Crippen molar-refractivity contribution in [1.29, 1.82) is 0 Å². The molecule has 1 aliphatic heterocycles. The van der Waals surface area contributed by atoms with E-state index in [0.717, 1.165) is 12.1 Å². The van der Waals surface area contributed by atoms with E-state index >= 15 is 0 Å². The smallest absolute Gasteiger partial charge is 0.387 e. The Balaban J connectivity index is 1.95. The molecule has 2 N–H and O–H groups in total. The SMILES string of the molecule is NS(=O)(=O)Cc1ccc2c(c1)C(c1cccc(F)c1)Oc1cc(F)cc(OC(F)F)c1-2. The van der Waals surface area contributed by atoms with Crippen LogP contribution in [0.3, 0.4) is 0 Å². The van der Waals surface area contributed by atoms with Crippen LogP contribution < -0.4 is 14.6 Å². The molecule has 0 radical (unpaired) electrons. The molecule has 0 bridgehead atoms. The zero-order chi connectivity index (χ0) is 22.3. The summed E-state index contributed by atoms with van der Waals surface area (Å²) in [5.41, 5.74) is 1.47. The number of hydrogen-bond acceptors (Lipinski definition) is 4. The molecule has 3 aromatic rings. The molecule has 0 amide bonds. The van der Waals surface area contributed by atoms with Gasteiger partial charge >= 0.3 is 6.61 Å². The predicted molar refractivity (Wildman–Crippen MR) is 104 cm³/mol. The van der Waals surface area contributed by atoms with Gasteiger partial charge in [0.2, 0.25) is 10.0 Å². The summed E-state index contributed by atoms with van der Waals surface area (Å²) >= 11 is 0. The van der Waals surface area contributed by atoms with Gasteiger partial charge < -0.3 is 9.47 Å². The molecule has 4 rings (SSSR count). The number of rotatable bonds is 5. The third kappa shape index (κ3) is 4.49. The minimum Gasteiger partial charge on any atom is -0.480 e. The van der Waals surface area contributed by atoms with Crippen molar-refractivity contribution in [3.8, 4) is 22.6 Å². The average Bonchev–Trinajstić information content (AvgIpc) is 2.65. The van der Waals surface area contributed by atoms with Crippen molar-refractivity contribution in [3.63, 3.8) is 0 Å². The van der Waals surface area contributed by atoms with Crippen LogP contribution in [-0.2, 0) is 15.8 Å². The molecule has 0 saturated heterocycles. The lowest BCUT2D eigenvalue weighted by molar-refractivity contribution is -0.0497. The Hall–Kier alpha value is -3.11. The summed E-state index contributed by atoms with van der Waals surface area (Å²) in [5, 5.41) is 5.13. The first kappa shape index (κ1) is 21.1. The van der Waals surface area contributed by atoms with Gasteiger partial charge in [0.15, 0.2) is 0 Å². The van der Waals surface area contributed by atoms with Gasteiger partial charge in [-0.3, -0.25) is 0 Å². The first-order chi connectivity index (χ1) is 14.6. The second-order valence-electron chi connectivity index (χ2n) is 6.94. The maximum absolute atomic E-state index is 14.1. The topological polar surface area (TPSA) is 78.6 Å². The van der Waals surface area contributed by atoms with Gasteiger partial charge in [-0.05, 0) is 28.8 Å². The Morgan fingerprint density at radius 1 is 1.03 bits per heavy atom. The van der Waals surface area contributed by atoms with Gasteiger partial charge in [-0.25, -0.2) is 22.3 Å². The van der Waals surface area contributed by atoms with E-state index in [2.05, 4.69) is 4.74 Å². The molecule has 3 aromatic carbocycles. The molecule has 5 nitrogen and oxygen atoms in total. The molecule has 162 valence electrons. The lowest BCUT2D eigenvalue weighted by Crippen LogP contribution is -2.19. The fourth-order valence-electron chi connectivity index (χ4n) is 3.59. The minimum atomic E-state index is -3.86. The number of alkyl halides is 2. The molecule has 0 saturated carbocycles. The molecule has 10 heteroatoms. The Morgan fingerprint density at radius 3 is 2.48 bits per heavy atom. The van der Waals surface area contributed by atoms with Gasteiger partial charge in [0.05, 0.1) is 11.3 Å². The number of benzene rings is 3. The third-order valence-electron chi connectivity index (χ3n) is 4.68. The molecule has 31 heavy (non-hydrogen) atoms. The van der Waals surface area contributed by atoms with E-state index in [-0.39, 0.29) is 11.3 Å². The number of halogens is 4. The van der Waals surface area contributed by atoms with Crippen molar-refractivity contribution in [2.24, 2.45) is 5.14 Å². The van der Waals surface area contributed by atoms with E-state index in [0.29, 0.717) is 22.3 Å². The van der Waals surface area contributed by atoms with Crippen LogP contribution in [0, 0.1) is 11.6 Å². The third-order valence-corrected chi connectivity index (χ3v) is 5.41. The summed E-state index contributed by atoms with van der Waals surface area (Å²) in [6, 6.07) is 11.7. The quantitative estimate of drug-likeness (QED) is 0.577. The molecule has 0 spiro atoms. The predicted octanol–water partition coefficient (Wildman–Crippen LogP) is 4.50. The van der Waals surface area contributed by atoms with Gasteiger partial charge in [-0.15, -0.1) is 0 Å². The summed E-state index contributed by atoms with van der Waals surface area (Å²) in [5.74, 6) is -2.40. The number of nitrogens with two attached hydrogens (primary N) is 1. The van der Waals surface area contributed by atoms with E-state index in [4.69, 9.17) is 9.88 Å². The fourth-order valence-corrected chi connectivity index (χ4v) is 4.24. The highest BCUT2D eigenvalue weighted by molar-refractivity contribution is 7.88. The Morgan fingerprint density at radius 2 is 1.81 bits per heavy atom. The van der Waals surface area contributed by atoms with Gasteiger partial charge in [0.25, 0.3) is 0 Å². The molecule has 1 atom stereocenters. The minimum absolute atomic E-state index is 0.0726. The molecular weight excluding hydrogens is 438 g/mol. The van der Waals surface area contributed by atoms with Gasteiger partial charge in [0.1, 0.15) is 29.2 Å². The number of fused-ring (bicyclic) bond motifs is 3. The first-order valence-corrected chi connectivity index (χ1v) is 10.7. The van der Waals surface area contributed by atoms with Gasteiger partial charge in [0, 0.05) is 17.7 Å². The highest BCUT2D eigenvalue weighted by Crippen LogP contribution is 2.50. The van der Waals surface area contributed by atoms with Crippen molar-refractivity contribution in [3.05, 3.63) is 82.9 Å². The van der Waals surface area contributed by atoms with Gasteiger partial charge in [-0.2, -0.15) is 8.78 Å². The van der Waals surface area contributed by atoms with Crippen LogP contribution >= 0.6 is 0 Å². The zero-order valence-corrected chi connectivity index (χ0v) is 16.5. The number of hydrogen-bond donors (Lipinski definition) is 1. The standard InChI is InChI=1S/C21H15F4NO4S/c22-13-3-1-2-12(7-13)20-16-6-11(10-31(26,27)28)4-5-15(16)19-17(29-20)8-14(23)9-18(19)30-21(24)25/h1-9,20-21H,10H2,(H2,26,27,28). The maximum atomic E-state index is 14.1. The molecule has 1 aliphatic rings. The molecule has 1 heterocycles. The Kier molecular flexibility index (Phi) is 5.36. The van der Waals surface area contributed by atoms with Crippen molar-refractivity contribution in [1.82, 2.24) is 0 Å². The van der Waals surface area contributed by atoms with E-state index in [1.54, 1.807) is 6.07 Å². The van der Waals surface area contributed by atoms with Crippen LogP contribution in [0.15, 0.2) is 54.6 Å². The molecule has 0 aliphatic carbocycles. The van der Waals surface area contributed by atoms with Crippen molar-refractivity contribution in [2.45, 2.75) is 18.5 Å². The molecular formula is C21H15F4NO4S. The molecule has 0 aromatic heterocycles. The summed E-state index contributed by atoms with van der Waals surface area (Å²) in [6.45, 7) is -3.21. The van der Waals surface area contributed by atoms with E-state index in [9.17, 15) is 26.0 Å². The summed E-state index contributed by atoms with van der Waals surface area (Å²) in [7, 11) is -3.86. The maximum Gasteiger partial charge on any atom is 0.387 e. The van der Waals surface area contributed by atoms with E-state index in [1.165, 1.54) is 36.4 Å². The van der Waals surface area contributed by atoms with Gasteiger partial charge in [-0.1, -0.05) is 30.3 Å². The summed E-state index contributed by atoms with van der Waals surface area (Å²) < 4.78 is 87.2. The van der Waals surface area contributed by atoms with Crippen LogP contribution in [0.1, 0.15) is 22.8 Å². The summed E-state index contributed by atoms with van der Waals surface area (Å²) in [6.07, 6.45) is -0.958. The highest BCUT2D eigenvalue weighted by atomic mass is 32.2. The number of ether oxygens (including phenoxy) is 2. The monoisotopic (exact) mass is 453 g/mol. The first-order valence-electron chi connectivity index (χ1n) is 8.95. The van der Waals surface area contributed by atoms with Crippen molar-refractivity contribution in [2.75, 3.05) is 0 Å². The van der Waals surface area contributed by atoms with Crippen LogP contribution in [0.2, 0.25) is 0 Å². The molecule has 0 fully saturated rings. The fraction of sp³-hybridized carbons (Fsp3) is 0.143. The normalized spacial score (nSPS) is 15.2. The van der Waals surface area contributed by atoms with Crippen molar-refractivity contribution < 1.29 is 35.5 Å².